The lowest BCUT2D eigenvalue weighted by atomic mass is 9.66. The summed E-state index contributed by atoms with van der Waals surface area (Å²) in [6, 6.07) is 2.04. The fraction of sp³-hybridized carbons (Fsp3) is 0.600. The van der Waals surface area contributed by atoms with Crippen molar-refractivity contribution in [2.45, 2.75) is 25.7 Å². The third-order valence-corrected chi connectivity index (χ3v) is 3.01. The molecule has 1 aliphatic carbocycles. The van der Waals surface area contributed by atoms with E-state index in [2.05, 4.69) is 0 Å². The summed E-state index contributed by atoms with van der Waals surface area (Å²) in [7, 11) is 0. The van der Waals surface area contributed by atoms with Gasteiger partial charge in [0.25, 0.3) is 0 Å². The van der Waals surface area contributed by atoms with E-state index < -0.39 is 0 Å². The van der Waals surface area contributed by atoms with Crippen LogP contribution in [0.15, 0.2) is 23.0 Å². The van der Waals surface area contributed by atoms with Crippen molar-refractivity contribution in [1.82, 2.24) is 0 Å². The van der Waals surface area contributed by atoms with Gasteiger partial charge in [-0.3, -0.25) is 0 Å². The largest absolute Gasteiger partial charge is 0.472 e. The lowest BCUT2D eigenvalue weighted by molar-refractivity contribution is 0.144. The summed E-state index contributed by atoms with van der Waals surface area (Å²) >= 11 is 0. The van der Waals surface area contributed by atoms with Crippen molar-refractivity contribution in [3.8, 4) is 0 Å². The molecule has 0 unspecified atom stereocenters. The van der Waals surface area contributed by atoms with Crippen molar-refractivity contribution in [2.24, 2.45) is 11.1 Å². The second-order valence-corrected chi connectivity index (χ2v) is 3.87. The maximum Gasteiger partial charge on any atom is 0.0934 e. The highest BCUT2D eigenvalue weighted by Crippen LogP contribution is 2.42. The lowest BCUT2D eigenvalue weighted by Gasteiger charge is -2.40. The molecule has 2 N–H and O–H groups in total. The Hall–Kier alpha value is -0.760. The minimum absolute atomic E-state index is 0.407. The van der Waals surface area contributed by atoms with E-state index in [9.17, 15) is 0 Å². The molecule has 1 heterocycles. The van der Waals surface area contributed by atoms with Gasteiger partial charge in [-0.25, -0.2) is 0 Å². The molecule has 0 aromatic carbocycles. The molecule has 66 valence electrons. The van der Waals surface area contributed by atoms with E-state index in [4.69, 9.17) is 10.2 Å². The van der Waals surface area contributed by atoms with Crippen molar-refractivity contribution < 1.29 is 4.42 Å². The van der Waals surface area contributed by atoms with Gasteiger partial charge in [0, 0.05) is 0 Å². The molecule has 1 aromatic rings. The fourth-order valence-electron chi connectivity index (χ4n) is 1.96. The van der Waals surface area contributed by atoms with Crippen LogP contribution in [0.4, 0.5) is 0 Å². The molecule has 1 saturated carbocycles. The van der Waals surface area contributed by atoms with Gasteiger partial charge in [-0.15, -0.1) is 0 Å². The molecule has 2 rings (SSSR count). The normalized spacial score (nSPS) is 20.4. The molecule has 0 atom stereocenters. The van der Waals surface area contributed by atoms with E-state index in [0.717, 1.165) is 13.0 Å². The SMILES string of the molecule is NCC1(Cc2ccoc2)CCC1. The summed E-state index contributed by atoms with van der Waals surface area (Å²) in [5, 5.41) is 0. The first-order chi connectivity index (χ1) is 5.85. The number of furan rings is 1. The van der Waals surface area contributed by atoms with Crippen molar-refractivity contribution in [1.29, 1.82) is 0 Å². The number of nitrogens with two attached hydrogens (primary N) is 1. The highest BCUT2D eigenvalue weighted by atomic mass is 16.3. The highest BCUT2D eigenvalue weighted by molar-refractivity contribution is 5.10. The first-order valence-corrected chi connectivity index (χ1v) is 4.56. The zero-order chi connectivity index (χ0) is 8.44. The zero-order valence-corrected chi connectivity index (χ0v) is 7.25. The molecule has 12 heavy (non-hydrogen) atoms. The molecule has 1 fully saturated rings. The van der Waals surface area contributed by atoms with Gasteiger partial charge in [0.05, 0.1) is 12.5 Å². The van der Waals surface area contributed by atoms with Crippen LogP contribution in [0.5, 0.6) is 0 Å². The summed E-state index contributed by atoms with van der Waals surface area (Å²) < 4.78 is 5.03. The number of rotatable bonds is 3. The smallest absolute Gasteiger partial charge is 0.0934 e. The van der Waals surface area contributed by atoms with Crippen molar-refractivity contribution in [3.05, 3.63) is 24.2 Å². The Kier molecular flexibility index (Phi) is 1.93. The maximum atomic E-state index is 5.75. The molecule has 0 spiro atoms. The molecule has 2 heteroatoms. The van der Waals surface area contributed by atoms with Gasteiger partial charge in [-0.2, -0.15) is 0 Å². The van der Waals surface area contributed by atoms with Crippen LogP contribution in [0.3, 0.4) is 0 Å². The molecule has 0 saturated heterocycles. The Bertz CT molecular complexity index is 231. The molecule has 0 aliphatic heterocycles. The molecule has 0 radical (unpaired) electrons. The summed E-state index contributed by atoms with van der Waals surface area (Å²) in [5.74, 6) is 0. The second-order valence-electron chi connectivity index (χ2n) is 3.87. The minimum Gasteiger partial charge on any atom is -0.472 e. The third-order valence-electron chi connectivity index (χ3n) is 3.01. The molecular formula is C10H15NO. The van der Waals surface area contributed by atoms with E-state index in [1.807, 2.05) is 12.3 Å². The van der Waals surface area contributed by atoms with Gasteiger partial charge >= 0.3 is 0 Å². The van der Waals surface area contributed by atoms with Crippen molar-refractivity contribution >= 4 is 0 Å². The van der Waals surface area contributed by atoms with Gasteiger partial charge in [-0.05, 0) is 42.9 Å². The number of hydrogen-bond acceptors (Lipinski definition) is 2. The molecule has 1 aliphatic rings. The predicted octanol–water partition coefficient (Wildman–Crippen LogP) is 1.95. The van der Waals surface area contributed by atoms with Crippen LogP contribution in [-0.2, 0) is 6.42 Å². The standard InChI is InChI=1S/C10H15NO/c11-8-10(3-1-4-10)6-9-2-5-12-7-9/h2,5,7H,1,3-4,6,8,11H2. The van der Waals surface area contributed by atoms with E-state index >= 15 is 0 Å². The van der Waals surface area contributed by atoms with Crippen molar-refractivity contribution in [3.63, 3.8) is 0 Å². The number of hydrogen-bond donors (Lipinski definition) is 1. The third kappa shape index (κ3) is 1.27. The monoisotopic (exact) mass is 165 g/mol. The van der Waals surface area contributed by atoms with Gasteiger partial charge < -0.3 is 10.2 Å². The quantitative estimate of drug-likeness (QED) is 0.743. The predicted molar refractivity (Wildman–Crippen MR) is 47.8 cm³/mol. The Labute approximate surface area is 72.7 Å². The fourth-order valence-corrected chi connectivity index (χ4v) is 1.96. The van der Waals surface area contributed by atoms with E-state index in [0.29, 0.717) is 5.41 Å². The Morgan fingerprint density at radius 1 is 1.50 bits per heavy atom. The van der Waals surface area contributed by atoms with Gasteiger partial charge in [0.15, 0.2) is 0 Å². The lowest BCUT2D eigenvalue weighted by Crippen LogP contribution is -2.39. The molecular weight excluding hydrogens is 150 g/mol. The Morgan fingerprint density at radius 3 is 2.75 bits per heavy atom. The summed E-state index contributed by atoms with van der Waals surface area (Å²) in [6.45, 7) is 0.818. The minimum atomic E-state index is 0.407. The molecule has 1 aromatic heterocycles. The van der Waals surface area contributed by atoms with Crippen LogP contribution in [0, 0.1) is 5.41 Å². The van der Waals surface area contributed by atoms with Crippen LogP contribution >= 0.6 is 0 Å². The molecule has 2 nitrogen and oxygen atoms in total. The van der Waals surface area contributed by atoms with Crippen LogP contribution < -0.4 is 5.73 Å². The van der Waals surface area contributed by atoms with Crippen LogP contribution in [0.2, 0.25) is 0 Å². The van der Waals surface area contributed by atoms with Gasteiger partial charge in [0.1, 0.15) is 0 Å². The average molecular weight is 165 g/mol. The topological polar surface area (TPSA) is 39.2 Å². The molecule has 0 amide bonds. The molecule has 0 bridgehead atoms. The van der Waals surface area contributed by atoms with Crippen LogP contribution in [0.1, 0.15) is 24.8 Å². The highest BCUT2D eigenvalue weighted by Gasteiger charge is 2.35. The van der Waals surface area contributed by atoms with Gasteiger partial charge in [-0.1, -0.05) is 6.42 Å². The Balaban J connectivity index is 2.01. The van der Waals surface area contributed by atoms with Gasteiger partial charge in [0.2, 0.25) is 0 Å². The zero-order valence-electron chi connectivity index (χ0n) is 7.25. The first-order valence-electron chi connectivity index (χ1n) is 4.56. The average Bonchev–Trinajstić information content (AvgIpc) is 2.49. The van der Waals surface area contributed by atoms with Crippen LogP contribution in [0.25, 0.3) is 0 Å². The Morgan fingerprint density at radius 2 is 2.33 bits per heavy atom. The summed E-state index contributed by atoms with van der Waals surface area (Å²) in [4.78, 5) is 0. The van der Waals surface area contributed by atoms with E-state index in [1.165, 1.54) is 24.8 Å². The maximum absolute atomic E-state index is 5.75. The summed E-state index contributed by atoms with van der Waals surface area (Å²) in [5.41, 5.74) is 7.45. The second kappa shape index (κ2) is 2.94. The van der Waals surface area contributed by atoms with Crippen molar-refractivity contribution in [2.75, 3.05) is 6.54 Å². The van der Waals surface area contributed by atoms with E-state index in [-0.39, 0.29) is 0 Å². The van der Waals surface area contributed by atoms with Crippen LogP contribution in [-0.4, -0.2) is 6.54 Å². The summed E-state index contributed by atoms with van der Waals surface area (Å²) in [6.07, 6.45) is 8.58. The first kappa shape index (κ1) is 7.87. The van der Waals surface area contributed by atoms with E-state index in [1.54, 1.807) is 6.26 Å².